The zero-order chi connectivity index (χ0) is 22.8. The van der Waals surface area contributed by atoms with Crippen molar-refractivity contribution in [3.8, 4) is 0 Å². The molecular weight excluding hydrogens is 454 g/mol. The number of carbonyl (C=O) groups is 2. The summed E-state index contributed by atoms with van der Waals surface area (Å²) >= 11 is 6.13. The third-order valence-corrected chi connectivity index (χ3v) is 6.66. The second kappa shape index (κ2) is 9.36. The lowest BCUT2D eigenvalue weighted by atomic mass is 10.2. The third kappa shape index (κ3) is 4.39. The van der Waals surface area contributed by atoms with Crippen LogP contribution in [0.2, 0.25) is 0 Å². The summed E-state index contributed by atoms with van der Waals surface area (Å²) < 4.78 is 1.55. The zero-order valence-electron chi connectivity index (χ0n) is 17.0. The van der Waals surface area contributed by atoms with Crippen LogP contribution in [0.4, 0.5) is 5.82 Å². The number of fused-ring (bicyclic) bond motifs is 1. The lowest BCUT2D eigenvalue weighted by molar-refractivity contribution is -0.140. The smallest absolute Gasteiger partial charge is 0.323 e. The minimum absolute atomic E-state index is 0.0823. The number of nitrogens with zero attached hydrogens (tertiary/aromatic N) is 5. The Kier molecular flexibility index (Phi) is 6.55. The summed E-state index contributed by atoms with van der Waals surface area (Å²) in [6, 6.07) is 5.25. The highest BCUT2D eigenvalue weighted by Crippen LogP contribution is 2.33. The molecule has 0 bridgehead atoms. The van der Waals surface area contributed by atoms with Crippen molar-refractivity contribution in [3.63, 3.8) is 0 Å². The Hall–Kier alpha value is -2.80. The van der Waals surface area contributed by atoms with Crippen LogP contribution < -0.4 is 10.5 Å². The van der Waals surface area contributed by atoms with Crippen molar-refractivity contribution in [2.45, 2.75) is 0 Å². The van der Waals surface area contributed by atoms with E-state index in [-0.39, 0.29) is 27.0 Å². The van der Waals surface area contributed by atoms with Crippen molar-refractivity contribution < 1.29 is 19.8 Å². The first-order chi connectivity index (χ1) is 15.4. The maximum atomic E-state index is 13.3. The van der Waals surface area contributed by atoms with Crippen LogP contribution >= 0.6 is 24.0 Å². The van der Waals surface area contributed by atoms with Gasteiger partial charge in [0.2, 0.25) is 0 Å². The van der Waals surface area contributed by atoms with Crippen molar-refractivity contribution in [2.75, 3.05) is 50.8 Å². The van der Waals surface area contributed by atoms with E-state index >= 15 is 0 Å². The Morgan fingerprint density at radius 3 is 2.66 bits per heavy atom. The fraction of sp³-hybridized carbons (Fsp3) is 0.350. The van der Waals surface area contributed by atoms with Crippen LogP contribution in [0.3, 0.4) is 0 Å². The van der Waals surface area contributed by atoms with Crippen LogP contribution in [0, 0.1) is 0 Å². The number of thiocarbonyl (C=S) groups is 1. The number of aliphatic carboxylic acids is 1. The Morgan fingerprint density at radius 1 is 1.22 bits per heavy atom. The number of aromatic nitrogens is 2. The molecule has 2 aromatic rings. The van der Waals surface area contributed by atoms with Gasteiger partial charge in [-0.2, -0.15) is 0 Å². The fourth-order valence-electron chi connectivity index (χ4n) is 3.69. The average Bonchev–Trinajstić information content (AvgIpc) is 3.03. The van der Waals surface area contributed by atoms with E-state index in [0.29, 0.717) is 44.2 Å². The molecule has 0 atom stereocenters. The maximum absolute atomic E-state index is 13.3. The molecule has 2 aliphatic heterocycles. The highest BCUT2D eigenvalue weighted by atomic mass is 32.2. The SMILES string of the molecule is O=C(O)CN1C(=O)C(=Cc2c(N3CCN(CCO)CC3)nc3ccccn3c2=O)SC1=S. The van der Waals surface area contributed by atoms with Gasteiger partial charge in [0.15, 0.2) is 0 Å². The predicted octanol–water partition coefficient (Wildman–Crippen LogP) is 0.0946. The average molecular weight is 476 g/mol. The van der Waals surface area contributed by atoms with E-state index in [1.807, 2.05) is 4.90 Å². The van der Waals surface area contributed by atoms with E-state index in [0.717, 1.165) is 16.7 Å². The number of rotatable bonds is 6. The monoisotopic (exact) mass is 475 g/mol. The fourth-order valence-corrected chi connectivity index (χ4v) is 4.92. The molecule has 4 heterocycles. The topological polar surface area (TPSA) is 119 Å². The molecule has 0 radical (unpaired) electrons. The van der Waals surface area contributed by atoms with Crippen molar-refractivity contribution in [1.82, 2.24) is 19.2 Å². The van der Waals surface area contributed by atoms with Crippen molar-refractivity contribution in [2.24, 2.45) is 0 Å². The van der Waals surface area contributed by atoms with Crippen LogP contribution in [0.1, 0.15) is 5.56 Å². The second-order valence-corrected chi connectivity index (χ2v) is 8.97. The standard InChI is InChI=1S/C20H21N5O5S2/c26-10-9-22-5-7-23(8-6-22)17-13(18(29)24-4-2-1-3-15(24)21-17)11-14-19(30)25(12-16(27)28)20(31)32-14/h1-4,11,26H,5-10,12H2,(H,27,28). The van der Waals surface area contributed by atoms with Gasteiger partial charge in [0, 0.05) is 38.9 Å². The van der Waals surface area contributed by atoms with Crippen molar-refractivity contribution >= 4 is 57.7 Å². The summed E-state index contributed by atoms with van der Waals surface area (Å²) in [6.07, 6.45) is 3.08. The summed E-state index contributed by atoms with van der Waals surface area (Å²) in [4.78, 5) is 47.2. The number of carboxylic acid groups (broad SMARTS) is 1. The number of piperazine rings is 1. The normalized spacial score (nSPS) is 18.8. The number of carbonyl (C=O) groups excluding carboxylic acids is 1. The number of aliphatic hydroxyl groups excluding tert-OH is 1. The first-order valence-electron chi connectivity index (χ1n) is 9.95. The van der Waals surface area contributed by atoms with Crippen LogP contribution in [-0.4, -0.2) is 91.5 Å². The highest BCUT2D eigenvalue weighted by Gasteiger charge is 2.34. The quantitative estimate of drug-likeness (QED) is 0.440. The predicted molar refractivity (Wildman–Crippen MR) is 125 cm³/mol. The molecule has 0 aliphatic carbocycles. The lowest BCUT2D eigenvalue weighted by Crippen LogP contribution is -2.48. The van der Waals surface area contributed by atoms with Crippen LogP contribution in [0.5, 0.6) is 0 Å². The number of hydrogen-bond acceptors (Lipinski definition) is 9. The van der Waals surface area contributed by atoms with E-state index in [1.54, 1.807) is 24.4 Å². The second-order valence-electron chi connectivity index (χ2n) is 7.30. The van der Waals surface area contributed by atoms with Gasteiger partial charge in [-0.15, -0.1) is 0 Å². The van der Waals surface area contributed by atoms with Crippen molar-refractivity contribution in [1.29, 1.82) is 0 Å². The summed E-state index contributed by atoms with van der Waals surface area (Å²) in [7, 11) is 0. The Labute approximate surface area is 192 Å². The third-order valence-electron chi connectivity index (χ3n) is 5.28. The van der Waals surface area contributed by atoms with Gasteiger partial charge in [-0.1, -0.05) is 30.0 Å². The van der Waals surface area contributed by atoms with E-state index in [2.05, 4.69) is 4.90 Å². The Balaban J connectivity index is 1.76. The number of thioether (sulfide) groups is 1. The van der Waals surface area contributed by atoms with E-state index < -0.39 is 18.4 Å². The molecule has 0 aromatic carbocycles. The molecule has 2 N–H and O–H groups in total. The molecule has 1 amide bonds. The molecule has 32 heavy (non-hydrogen) atoms. The number of aliphatic hydroxyl groups is 1. The Bertz CT molecular complexity index is 1170. The molecule has 10 nitrogen and oxygen atoms in total. The molecule has 168 valence electrons. The summed E-state index contributed by atoms with van der Waals surface area (Å²) in [5, 5.41) is 18.2. The molecule has 12 heteroatoms. The van der Waals surface area contributed by atoms with Gasteiger partial charge in [0.05, 0.1) is 17.1 Å². The molecule has 0 spiro atoms. The number of β-amino-alcohol motifs (C(OH)–C–C–N with tert-alkyl or cyclic N) is 1. The lowest BCUT2D eigenvalue weighted by Gasteiger charge is -2.35. The number of carboxylic acids is 1. The van der Waals surface area contributed by atoms with Gasteiger partial charge in [-0.3, -0.25) is 28.6 Å². The maximum Gasteiger partial charge on any atom is 0.323 e. The van der Waals surface area contributed by atoms with Crippen molar-refractivity contribution in [3.05, 3.63) is 45.2 Å². The van der Waals surface area contributed by atoms with Crippen LogP contribution in [0.15, 0.2) is 34.1 Å². The molecule has 2 fully saturated rings. The van der Waals surface area contributed by atoms with Gasteiger partial charge in [0.1, 0.15) is 22.3 Å². The minimum atomic E-state index is -1.17. The number of hydrogen-bond donors (Lipinski definition) is 2. The van der Waals surface area contributed by atoms with E-state index in [4.69, 9.17) is 22.3 Å². The van der Waals surface area contributed by atoms with Crippen LogP contribution in [-0.2, 0) is 9.59 Å². The largest absolute Gasteiger partial charge is 0.480 e. The zero-order valence-corrected chi connectivity index (χ0v) is 18.6. The van der Waals surface area contributed by atoms with Gasteiger partial charge < -0.3 is 15.1 Å². The molecular formula is C20H21N5O5S2. The molecule has 2 aliphatic rings. The van der Waals surface area contributed by atoms with Gasteiger partial charge in [-0.05, 0) is 18.2 Å². The summed E-state index contributed by atoms with van der Waals surface area (Å²) in [6.45, 7) is 2.76. The number of amides is 1. The van der Waals surface area contributed by atoms with Gasteiger partial charge >= 0.3 is 5.97 Å². The van der Waals surface area contributed by atoms with E-state index in [1.165, 1.54) is 10.5 Å². The number of anilines is 1. The first-order valence-corrected chi connectivity index (χ1v) is 11.2. The van der Waals surface area contributed by atoms with Gasteiger partial charge in [-0.25, -0.2) is 4.98 Å². The number of pyridine rings is 1. The van der Waals surface area contributed by atoms with Gasteiger partial charge in [0.25, 0.3) is 11.5 Å². The molecule has 2 aromatic heterocycles. The molecule has 2 saturated heterocycles. The highest BCUT2D eigenvalue weighted by molar-refractivity contribution is 8.26. The molecule has 0 unspecified atom stereocenters. The first kappa shape index (κ1) is 22.4. The van der Waals surface area contributed by atoms with E-state index in [9.17, 15) is 19.5 Å². The molecule has 4 rings (SSSR count). The van der Waals surface area contributed by atoms with Crippen LogP contribution in [0.25, 0.3) is 11.7 Å². The minimum Gasteiger partial charge on any atom is -0.480 e. The summed E-state index contributed by atoms with van der Waals surface area (Å²) in [5.74, 6) is -1.25. The summed E-state index contributed by atoms with van der Waals surface area (Å²) in [5.41, 5.74) is 0.410. The molecule has 0 saturated carbocycles. The Morgan fingerprint density at radius 2 is 1.97 bits per heavy atom.